The summed E-state index contributed by atoms with van der Waals surface area (Å²) in [7, 11) is 0. The maximum absolute atomic E-state index is 12.6. The van der Waals surface area contributed by atoms with Gasteiger partial charge in [-0.2, -0.15) is 0 Å². The molecule has 2 amide bonds. The van der Waals surface area contributed by atoms with Crippen LogP contribution in [0.5, 0.6) is 0 Å². The van der Waals surface area contributed by atoms with Gasteiger partial charge >= 0.3 is 5.97 Å². The van der Waals surface area contributed by atoms with Gasteiger partial charge < -0.3 is 15.7 Å². The summed E-state index contributed by atoms with van der Waals surface area (Å²) in [6.45, 7) is 3.88. The second-order valence-electron chi connectivity index (χ2n) is 6.31. The molecule has 134 valence electrons. The number of para-hydroxylation sites is 1. The van der Waals surface area contributed by atoms with E-state index in [0.29, 0.717) is 24.1 Å². The number of anilines is 1. The molecule has 0 saturated carbocycles. The number of nitrogens with one attached hydrogen (secondary N) is 2. The fourth-order valence-electron chi connectivity index (χ4n) is 2.80. The van der Waals surface area contributed by atoms with E-state index in [0.717, 1.165) is 6.42 Å². The van der Waals surface area contributed by atoms with E-state index >= 15 is 0 Å². The first-order chi connectivity index (χ1) is 11.9. The van der Waals surface area contributed by atoms with Crippen molar-refractivity contribution in [1.82, 2.24) is 5.32 Å². The largest absolute Gasteiger partial charge is 0.481 e. The second kappa shape index (κ2) is 8.46. The zero-order valence-electron chi connectivity index (χ0n) is 14.5. The minimum absolute atomic E-state index is 0.0242. The first-order valence-corrected chi connectivity index (χ1v) is 8.52. The summed E-state index contributed by atoms with van der Waals surface area (Å²) in [5.74, 6) is -3.00. The minimum Gasteiger partial charge on any atom is -0.481 e. The van der Waals surface area contributed by atoms with E-state index in [4.69, 9.17) is 0 Å². The van der Waals surface area contributed by atoms with E-state index in [-0.39, 0.29) is 17.9 Å². The smallest absolute Gasteiger partial charge is 0.307 e. The van der Waals surface area contributed by atoms with Crippen molar-refractivity contribution in [3.05, 3.63) is 42.0 Å². The maximum Gasteiger partial charge on any atom is 0.307 e. The SMILES string of the molecule is CC[C@H](C)NC(=O)c1ccccc1NC(=O)[C@H]1CC=CC[C@H]1C(=O)O. The Hall–Kier alpha value is -2.63. The molecule has 3 N–H and O–H groups in total. The molecule has 0 aromatic heterocycles. The molecule has 0 bridgehead atoms. The van der Waals surface area contributed by atoms with Crippen LogP contribution in [0.2, 0.25) is 0 Å². The van der Waals surface area contributed by atoms with Crippen LogP contribution < -0.4 is 10.6 Å². The average Bonchev–Trinajstić information content (AvgIpc) is 2.61. The Labute approximate surface area is 147 Å². The van der Waals surface area contributed by atoms with E-state index < -0.39 is 17.8 Å². The highest BCUT2D eigenvalue weighted by atomic mass is 16.4. The quantitative estimate of drug-likeness (QED) is 0.692. The molecular formula is C19H24N2O4. The van der Waals surface area contributed by atoms with Crippen molar-refractivity contribution in [2.45, 2.75) is 39.2 Å². The van der Waals surface area contributed by atoms with Crippen molar-refractivity contribution in [3.63, 3.8) is 0 Å². The van der Waals surface area contributed by atoms with Gasteiger partial charge in [0.2, 0.25) is 5.91 Å². The van der Waals surface area contributed by atoms with Gasteiger partial charge in [-0.25, -0.2) is 0 Å². The van der Waals surface area contributed by atoms with Crippen molar-refractivity contribution in [2.24, 2.45) is 11.8 Å². The van der Waals surface area contributed by atoms with Gasteiger partial charge in [-0.3, -0.25) is 14.4 Å². The molecule has 3 atom stereocenters. The molecule has 0 saturated heterocycles. The van der Waals surface area contributed by atoms with Crippen LogP contribution in [0.3, 0.4) is 0 Å². The van der Waals surface area contributed by atoms with Crippen LogP contribution in [0.25, 0.3) is 0 Å². The van der Waals surface area contributed by atoms with Crippen LogP contribution in [0.15, 0.2) is 36.4 Å². The zero-order chi connectivity index (χ0) is 18.4. The topological polar surface area (TPSA) is 95.5 Å². The second-order valence-corrected chi connectivity index (χ2v) is 6.31. The Kier molecular flexibility index (Phi) is 6.33. The lowest BCUT2D eigenvalue weighted by atomic mass is 9.82. The van der Waals surface area contributed by atoms with Gasteiger partial charge in [0, 0.05) is 6.04 Å². The van der Waals surface area contributed by atoms with Crippen LogP contribution in [0.1, 0.15) is 43.5 Å². The van der Waals surface area contributed by atoms with Gasteiger partial charge in [-0.05, 0) is 38.3 Å². The van der Waals surface area contributed by atoms with Crippen molar-refractivity contribution in [2.75, 3.05) is 5.32 Å². The van der Waals surface area contributed by atoms with Crippen LogP contribution in [0, 0.1) is 11.8 Å². The Morgan fingerprint density at radius 1 is 1.16 bits per heavy atom. The average molecular weight is 344 g/mol. The van der Waals surface area contributed by atoms with Gasteiger partial charge in [-0.1, -0.05) is 31.2 Å². The number of hydrogen-bond donors (Lipinski definition) is 3. The lowest BCUT2D eigenvalue weighted by Crippen LogP contribution is -2.36. The van der Waals surface area contributed by atoms with Gasteiger partial charge in [-0.15, -0.1) is 0 Å². The molecular weight excluding hydrogens is 320 g/mol. The summed E-state index contributed by atoms with van der Waals surface area (Å²) in [5, 5.41) is 14.9. The highest BCUT2D eigenvalue weighted by molar-refractivity contribution is 6.04. The summed E-state index contributed by atoms with van der Waals surface area (Å²) in [6.07, 6.45) is 5.13. The third kappa shape index (κ3) is 4.68. The molecule has 6 heteroatoms. The first kappa shape index (κ1) is 18.7. The highest BCUT2D eigenvalue weighted by Gasteiger charge is 2.34. The van der Waals surface area contributed by atoms with Gasteiger partial charge in [0.1, 0.15) is 0 Å². The number of aliphatic carboxylic acids is 1. The lowest BCUT2D eigenvalue weighted by Gasteiger charge is -2.24. The number of carboxylic acid groups (broad SMARTS) is 1. The molecule has 0 spiro atoms. The van der Waals surface area contributed by atoms with Crippen molar-refractivity contribution in [1.29, 1.82) is 0 Å². The van der Waals surface area contributed by atoms with Crippen LogP contribution >= 0.6 is 0 Å². The van der Waals surface area contributed by atoms with E-state index in [1.807, 2.05) is 19.9 Å². The number of rotatable bonds is 6. The molecule has 0 unspecified atom stereocenters. The zero-order valence-corrected chi connectivity index (χ0v) is 14.5. The number of carboxylic acids is 1. The Balaban J connectivity index is 2.17. The lowest BCUT2D eigenvalue weighted by molar-refractivity contribution is -0.146. The minimum atomic E-state index is -0.979. The number of allylic oxidation sites excluding steroid dienone is 2. The van der Waals surface area contributed by atoms with Crippen molar-refractivity contribution < 1.29 is 19.5 Å². The molecule has 1 aliphatic carbocycles. The molecule has 1 aromatic rings. The molecule has 0 aliphatic heterocycles. The fraction of sp³-hybridized carbons (Fsp3) is 0.421. The first-order valence-electron chi connectivity index (χ1n) is 8.52. The van der Waals surface area contributed by atoms with Crippen molar-refractivity contribution >= 4 is 23.5 Å². The summed E-state index contributed by atoms with van der Waals surface area (Å²) in [4.78, 5) is 36.4. The molecule has 1 aliphatic rings. The van der Waals surface area contributed by atoms with E-state index in [2.05, 4.69) is 10.6 Å². The van der Waals surface area contributed by atoms with Crippen LogP contribution in [0.4, 0.5) is 5.69 Å². The van der Waals surface area contributed by atoms with Crippen molar-refractivity contribution in [3.8, 4) is 0 Å². The highest BCUT2D eigenvalue weighted by Crippen LogP contribution is 2.28. The molecule has 0 radical (unpaired) electrons. The third-order valence-electron chi connectivity index (χ3n) is 4.51. The molecule has 0 heterocycles. The monoisotopic (exact) mass is 344 g/mol. The molecule has 0 fully saturated rings. The molecule has 6 nitrogen and oxygen atoms in total. The maximum atomic E-state index is 12.6. The normalized spacial score (nSPS) is 20.6. The van der Waals surface area contributed by atoms with E-state index in [9.17, 15) is 19.5 Å². The van der Waals surface area contributed by atoms with E-state index in [1.54, 1.807) is 30.3 Å². The summed E-state index contributed by atoms with van der Waals surface area (Å²) < 4.78 is 0. The molecule has 25 heavy (non-hydrogen) atoms. The Morgan fingerprint density at radius 2 is 1.80 bits per heavy atom. The Morgan fingerprint density at radius 3 is 2.44 bits per heavy atom. The van der Waals surface area contributed by atoms with Gasteiger partial charge in [0.05, 0.1) is 23.1 Å². The number of carbonyl (C=O) groups is 3. The standard InChI is InChI=1S/C19H24N2O4/c1-3-12(2)20-18(23)15-10-6-7-11-16(15)21-17(22)13-8-4-5-9-14(13)19(24)25/h4-7,10-14H,3,8-9H2,1-2H3,(H,20,23)(H,21,22)(H,24,25)/t12-,13-,14+/m0/s1. The summed E-state index contributed by atoms with van der Waals surface area (Å²) >= 11 is 0. The number of hydrogen-bond acceptors (Lipinski definition) is 3. The van der Waals surface area contributed by atoms with Gasteiger partial charge in [0.15, 0.2) is 0 Å². The fourth-order valence-corrected chi connectivity index (χ4v) is 2.80. The summed E-state index contributed by atoms with van der Waals surface area (Å²) in [5.41, 5.74) is 0.765. The number of carbonyl (C=O) groups excluding carboxylic acids is 2. The van der Waals surface area contributed by atoms with Crippen LogP contribution in [-0.4, -0.2) is 28.9 Å². The summed E-state index contributed by atoms with van der Waals surface area (Å²) in [6, 6.07) is 6.77. The number of benzene rings is 1. The molecule has 2 rings (SSSR count). The number of amides is 2. The third-order valence-corrected chi connectivity index (χ3v) is 4.51. The Bertz CT molecular complexity index is 684. The van der Waals surface area contributed by atoms with Gasteiger partial charge in [0.25, 0.3) is 5.91 Å². The van der Waals surface area contributed by atoms with Crippen LogP contribution in [-0.2, 0) is 9.59 Å². The predicted octanol–water partition coefficient (Wildman–Crippen LogP) is 2.82. The molecule has 1 aromatic carbocycles. The van der Waals surface area contributed by atoms with E-state index in [1.165, 1.54) is 0 Å². The predicted molar refractivity (Wildman–Crippen MR) is 95.3 cm³/mol.